The van der Waals surface area contributed by atoms with Crippen LogP contribution in [0.5, 0.6) is 5.75 Å². The van der Waals surface area contributed by atoms with Gasteiger partial charge in [-0.3, -0.25) is 9.30 Å². The molecular weight excluding hydrogens is 464 g/mol. The molecule has 1 unspecified atom stereocenters. The average molecular weight is 495 g/mol. The van der Waals surface area contributed by atoms with Crippen LogP contribution in [0.3, 0.4) is 0 Å². The molecule has 1 aliphatic carbocycles. The summed E-state index contributed by atoms with van der Waals surface area (Å²) in [6.07, 6.45) is 11.1. The van der Waals surface area contributed by atoms with Crippen molar-refractivity contribution in [3.05, 3.63) is 96.1 Å². The smallest absolute Gasteiger partial charge is 0.179 e. The summed E-state index contributed by atoms with van der Waals surface area (Å²) in [5, 5.41) is 3.56. The predicted molar refractivity (Wildman–Crippen MR) is 150 cm³/mol. The number of nitrogens with one attached hydrogen (secondary N) is 1. The number of fused-ring (bicyclic) bond motifs is 1. The van der Waals surface area contributed by atoms with Crippen LogP contribution in [-0.2, 0) is 4.74 Å². The number of nitrogen functional groups attached to an aromatic ring is 1. The van der Waals surface area contributed by atoms with Gasteiger partial charge in [0.25, 0.3) is 0 Å². The van der Waals surface area contributed by atoms with E-state index in [-0.39, 0.29) is 19.4 Å². The zero-order chi connectivity index (χ0) is 23.2. The average Bonchev–Trinajstić information content (AvgIpc) is 3.09. The number of anilines is 3. The zero-order valence-corrected chi connectivity index (χ0v) is 21.3. The van der Waals surface area contributed by atoms with Crippen molar-refractivity contribution in [1.29, 1.82) is 0 Å². The van der Waals surface area contributed by atoms with E-state index in [4.69, 9.17) is 19.6 Å². The van der Waals surface area contributed by atoms with Gasteiger partial charge in [-0.25, -0.2) is 0 Å². The molecule has 0 radical (unpaired) electrons. The van der Waals surface area contributed by atoms with Crippen molar-refractivity contribution >= 4 is 48.5 Å². The van der Waals surface area contributed by atoms with Gasteiger partial charge in [0, 0.05) is 47.1 Å². The van der Waals surface area contributed by atoms with E-state index in [1.165, 1.54) is 12.2 Å². The summed E-state index contributed by atoms with van der Waals surface area (Å²) < 4.78 is 13.1. The standard InChI is InChI=1S/C26H28N4O2S.H2S/c1-18-16-22(17-19-4-11-24(31-3)14-15-26(19)28-18)29-21-7-9-23(10-8-21)30(2)33-32-25-12-5-20(27)6-13-25;/h4-16,19,29H,17,27H2,1-3H3;1H2. The van der Waals surface area contributed by atoms with Gasteiger partial charge < -0.3 is 20.0 Å². The molecule has 0 fully saturated rings. The number of allylic oxidation sites excluding steroid dienone is 6. The maximum atomic E-state index is 5.75. The molecule has 0 aromatic heterocycles. The number of methoxy groups -OCH3 is 1. The third-order valence-electron chi connectivity index (χ3n) is 5.32. The molecular formula is C26H30N4O2S2. The molecule has 0 saturated heterocycles. The van der Waals surface area contributed by atoms with Crippen molar-refractivity contribution in [3.8, 4) is 5.75 Å². The van der Waals surface area contributed by atoms with E-state index in [0.29, 0.717) is 5.69 Å². The minimum absolute atomic E-state index is 0. The van der Waals surface area contributed by atoms with Gasteiger partial charge in [0.2, 0.25) is 0 Å². The molecule has 3 N–H and O–H groups in total. The first-order valence-corrected chi connectivity index (χ1v) is 11.4. The monoisotopic (exact) mass is 494 g/mol. The first kappa shape index (κ1) is 25.4. The number of hydrogen-bond acceptors (Lipinski definition) is 7. The van der Waals surface area contributed by atoms with Gasteiger partial charge in [0.05, 0.1) is 7.11 Å². The first-order valence-electron chi connectivity index (χ1n) is 10.7. The van der Waals surface area contributed by atoms with Crippen LogP contribution in [-0.4, -0.2) is 19.9 Å². The largest absolute Gasteiger partial charge is 0.497 e. The highest BCUT2D eigenvalue weighted by atomic mass is 32.2. The van der Waals surface area contributed by atoms with Crippen LogP contribution in [0.25, 0.3) is 0 Å². The Kier molecular flexibility index (Phi) is 8.79. The van der Waals surface area contributed by atoms with Crippen LogP contribution in [0.2, 0.25) is 0 Å². The number of hydrogen-bond donors (Lipinski definition) is 2. The molecule has 178 valence electrons. The highest BCUT2D eigenvalue weighted by molar-refractivity contribution is 7.96. The molecule has 8 heteroatoms. The molecule has 0 saturated carbocycles. The van der Waals surface area contributed by atoms with Crippen LogP contribution < -0.4 is 19.5 Å². The lowest BCUT2D eigenvalue weighted by Crippen LogP contribution is -2.09. The van der Waals surface area contributed by atoms with Crippen molar-refractivity contribution in [3.63, 3.8) is 0 Å². The molecule has 34 heavy (non-hydrogen) atoms. The highest BCUT2D eigenvalue weighted by Gasteiger charge is 2.18. The fourth-order valence-corrected chi connectivity index (χ4v) is 4.08. The minimum atomic E-state index is 0. The number of benzene rings is 2. The fraction of sp³-hybridized carbons (Fsp3) is 0.192. The summed E-state index contributed by atoms with van der Waals surface area (Å²) >= 11 is 1.27. The molecule has 1 atom stereocenters. The van der Waals surface area contributed by atoms with Crippen LogP contribution >= 0.6 is 25.7 Å². The van der Waals surface area contributed by atoms with Gasteiger partial charge in [0.15, 0.2) is 12.2 Å². The van der Waals surface area contributed by atoms with Crippen molar-refractivity contribution in [2.75, 3.05) is 29.5 Å². The lowest BCUT2D eigenvalue weighted by atomic mass is 9.99. The number of rotatable bonds is 7. The maximum absolute atomic E-state index is 5.75. The number of nitrogens with zero attached hydrogens (tertiary/aromatic N) is 2. The summed E-state index contributed by atoms with van der Waals surface area (Å²) in [7, 11) is 3.65. The van der Waals surface area contributed by atoms with Crippen LogP contribution in [0.4, 0.5) is 17.1 Å². The summed E-state index contributed by atoms with van der Waals surface area (Å²) in [4.78, 5) is 4.79. The van der Waals surface area contributed by atoms with Crippen molar-refractivity contribution in [1.82, 2.24) is 0 Å². The van der Waals surface area contributed by atoms with Gasteiger partial charge in [-0.05, 0) is 86.2 Å². The van der Waals surface area contributed by atoms with E-state index in [0.717, 1.165) is 46.4 Å². The van der Waals surface area contributed by atoms with E-state index >= 15 is 0 Å². The Bertz CT molecular complexity index is 1140. The van der Waals surface area contributed by atoms with E-state index < -0.39 is 0 Å². The predicted octanol–water partition coefficient (Wildman–Crippen LogP) is 6.22. The summed E-state index contributed by atoms with van der Waals surface area (Å²) in [5.74, 6) is 1.78. The Morgan fingerprint density at radius 3 is 2.53 bits per heavy atom. The summed E-state index contributed by atoms with van der Waals surface area (Å²) in [5.41, 5.74) is 11.6. The van der Waals surface area contributed by atoms with Crippen LogP contribution in [0, 0.1) is 5.92 Å². The van der Waals surface area contributed by atoms with E-state index in [2.05, 4.69) is 41.7 Å². The van der Waals surface area contributed by atoms with E-state index in [9.17, 15) is 0 Å². The van der Waals surface area contributed by atoms with Gasteiger partial charge in [0.1, 0.15) is 11.5 Å². The quantitative estimate of drug-likeness (QED) is 0.270. The second-order valence-corrected chi connectivity index (χ2v) is 8.72. The zero-order valence-electron chi connectivity index (χ0n) is 19.5. The van der Waals surface area contributed by atoms with Crippen molar-refractivity contribution < 1.29 is 8.92 Å². The van der Waals surface area contributed by atoms with E-state index in [1.807, 2.05) is 60.8 Å². The Morgan fingerprint density at radius 2 is 1.82 bits per heavy atom. The molecule has 0 spiro atoms. The number of nitrogens with two attached hydrogens (primary N) is 1. The Labute approximate surface area is 212 Å². The van der Waals surface area contributed by atoms with Crippen LogP contribution in [0.15, 0.2) is 101 Å². The summed E-state index contributed by atoms with van der Waals surface area (Å²) in [6, 6.07) is 15.6. The molecule has 1 aliphatic heterocycles. The Morgan fingerprint density at radius 1 is 1.09 bits per heavy atom. The molecule has 6 nitrogen and oxygen atoms in total. The SMILES string of the molecule is COC1=CC=C2N=C(C)C=C(Nc3ccc(N(C)SOc4ccc(N)cc4)cc3)CC2C=C1.S. The topological polar surface area (TPSA) is 72.1 Å². The third-order valence-corrected chi connectivity index (χ3v) is 6.02. The lowest BCUT2D eigenvalue weighted by molar-refractivity contribution is 0.307. The van der Waals surface area contributed by atoms with Gasteiger partial charge >= 0.3 is 0 Å². The van der Waals surface area contributed by atoms with Gasteiger partial charge in [-0.15, -0.1) is 0 Å². The highest BCUT2D eigenvalue weighted by Crippen LogP contribution is 2.30. The van der Waals surface area contributed by atoms with Gasteiger partial charge in [-0.1, -0.05) is 6.08 Å². The Hall–Kier alpha value is -3.23. The van der Waals surface area contributed by atoms with Crippen molar-refractivity contribution in [2.24, 2.45) is 10.9 Å². The number of ether oxygens (including phenoxy) is 1. The van der Waals surface area contributed by atoms with Crippen molar-refractivity contribution in [2.45, 2.75) is 13.3 Å². The molecule has 1 heterocycles. The lowest BCUT2D eigenvalue weighted by Gasteiger charge is -2.18. The molecule has 2 aliphatic rings. The fourth-order valence-electron chi connectivity index (χ4n) is 3.56. The van der Waals surface area contributed by atoms with Crippen LogP contribution in [0.1, 0.15) is 13.3 Å². The normalized spacial score (nSPS) is 16.9. The van der Waals surface area contributed by atoms with E-state index in [1.54, 1.807) is 7.11 Å². The van der Waals surface area contributed by atoms with Gasteiger partial charge in [-0.2, -0.15) is 13.5 Å². The Balaban J connectivity index is 0.00000324. The minimum Gasteiger partial charge on any atom is -0.497 e. The molecule has 2 aromatic carbocycles. The maximum Gasteiger partial charge on any atom is 0.179 e. The second kappa shape index (κ2) is 11.8. The molecule has 4 rings (SSSR count). The summed E-state index contributed by atoms with van der Waals surface area (Å²) in [6.45, 7) is 2.02. The third kappa shape index (κ3) is 6.65. The molecule has 2 aromatic rings. The molecule has 0 amide bonds. The molecule has 0 bridgehead atoms. The second-order valence-electron chi connectivity index (χ2n) is 7.85. The number of aliphatic imine (C=N–C) groups is 1. The first-order chi connectivity index (χ1) is 16.0.